The molecule has 1 N–H and O–H groups in total. The van der Waals surface area contributed by atoms with E-state index in [1.165, 1.54) is 31.2 Å². The van der Waals surface area contributed by atoms with Crippen LogP contribution >= 0.6 is 15.9 Å². The molecule has 18 heavy (non-hydrogen) atoms. The maximum atomic E-state index is 12.3. The number of aryl methyl sites for hydroxylation is 1. The summed E-state index contributed by atoms with van der Waals surface area (Å²) < 4.78 is 0.892. The smallest absolute Gasteiger partial charge is 0.252 e. The van der Waals surface area contributed by atoms with Crippen molar-refractivity contribution in [3.8, 4) is 0 Å². The number of fused-ring (bicyclic) bond motifs is 2. The zero-order valence-corrected chi connectivity index (χ0v) is 12.2. The predicted octanol–water partition coefficient (Wildman–Crippen LogP) is 3.68. The van der Waals surface area contributed by atoms with Gasteiger partial charge in [0.15, 0.2) is 0 Å². The average molecular weight is 308 g/mol. The van der Waals surface area contributed by atoms with Crippen molar-refractivity contribution >= 4 is 21.8 Å². The van der Waals surface area contributed by atoms with Crippen molar-refractivity contribution in [2.24, 2.45) is 11.8 Å². The Balaban J connectivity index is 1.71. The molecule has 1 aromatic rings. The van der Waals surface area contributed by atoms with Crippen molar-refractivity contribution < 1.29 is 4.79 Å². The van der Waals surface area contributed by atoms with E-state index >= 15 is 0 Å². The highest BCUT2D eigenvalue weighted by Gasteiger charge is 2.40. The summed E-state index contributed by atoms with van der Waals surface area (Å²) in [6.45, 7) is 2.03. The van der Waals surface area contributed by atoms with Gasteiger partial charge in [0.2, 0.25) is 0 Å². The molecule has 2 aliphatic rings. The van der Waals surface area contributed by atoms with Crippen LogP contribution in [0, 0.1) is 18.8 Å². The van der Waals surface area contributed by atoms with E-state index in [4.69, 9.17) is 0 Å². The van der Waals surface area contributed by atoms with Crippen LogP contribution in [-0.2, 0) is 0 Å². The Morgan fingerprint density at radius 3 is 2.78 bits per heavy atom. The first-order valence-electron chi connectivity index (χ1n) is 6.70. The first-order chi connectivity index (χ1) is 8.63. The highest BCUT2D eigenvalue weighted by atomic mass is 79.9. The molecule has 0 aromatic heterocycles. The first kappa shape index (κ1) is 12.2. The lowest BCUT2D eigenvalue weighted by molar-refractivity contribution is 0.0922. The lowest BCUT2D eigenvalue weighted by Crippen LogP contribution is -2.38. The topological polar surface area (TPSA) is 29.1 Å². The second-order valence-corrected chi connectivity index (χ2v) is 6.59. The number of carbonyl (C=O) groups is 1. The van der Waals surface area contributed by atoms with Crippen LogP contribution in [0.1, 0.15) is 41.6 Å². The quantitative estimate of drug-likeness (QED) is 0.887. The SMILES string of the molecule is Cc1ccc(C(=O)NC2CC3CCC2C3)c(Br)c1. The van der Waals surface area contributed by atoms with E-state index in [1.54, 1.807) is 0 Å². The number of halogens is 1. The third kappa shape index (κ3) is 2.20. The molecule has 2 nitrogen and oxygen atoms in total. The normalized spacial score (nSPS) is 29.6. The lowest BCUT2D eigenvalue weighted by atomic mass is 9.95. The van der Waals surface area contributed by atoms with Crippen LogP contribution in [-0.4, -0.2) is 11.9 Å². The standard InChI is InChI=1S/C15H18BrNO/c1-9-2-5-12(13(16)6-9)15(18)17-14-8-10-3-4-11(14)7-10/h2,5-6,10-11,14H,3-4,7-8H2,1H3,(H,17,18). The highest BCUT2D eigenvalue weighted by Crippen LogP contribution is 2.44. The molecule has 1 aromatic carbocycles. The molecule has 3 heteroatoms. The van der Waals surface area contributed by atoms with Gasteiger partial charge < -0.3 is 5.32 Å². The number of nitrogens with one attached hydrogen (secondary N) is 1. The Hall–Kier alpha value is -0.830. The van der Waals surface area contributed by atoms with Crippen LogP contribution in [0.5, 0.6) is 0 Å². The van der Waals surface area contributed by atoms with Gasteiger partial charge in [-0.3, -0.25) is 4.79 Å². The van der Waals surface area contributed by atoms with Gasteiger partial charge in [-0.25, -0.2) is 0 Å². The zero-order valence-electron chi connectivity index (χ0n) is 10.6. The van der Waals surface area contributed by atoms with Crippen LogP contribution in [0.15, 0.2) is 22.7 Å². The summed E-state index contributed by atoms with van der Waals surface area (Å²) >= 11 is 3.48. The van der Waals surface area contributed by atoms with Gasteiger partial charge >= 0.3 is 0 Å². The van der Waals surface area contributed by atoms with Crippen LogP contribution in [0.25, 0.3) is 0 Å². The summed E-state index contributed by atoms with van der Waals surface area (Å²) in [5.41, 5.74) is 1.92. The molecule has 0 radical (unpaired) electrons. The molecule has 2 aliphatic carbocycles. The van der Waals surface area contributed by atoms with Crippen LogP contribution in [0.4, 0.5) is 0 Å². The molecule has 2 saturated carbocycles. The number of carbonyl (C=O) groups excluding carboxylic acids is 1. The molecule has 1 amide bonds. The van der Waals surface area contributed by atoms with Gasteiger partial charge in [0.05, 0.1) is 5.56 Å². The van der Waals surface area contributed by atoms with E-state index in [0.29, 0.717) is 6.04 Å². The maximum absolute atomic E-state index is 12.3. The fraction of sp³-hybridized carbons (Fsp3) is 0.533. The van der Waals surface area contributed by atoms with Gasteiger partial charge in [0.25, 0.3) is 5.91 Å². The number of hydrogen-bond donors (Lipinski definition) is 1. The third-order valence-corrected chi connectivity index (χ3v) is 5.08. The average Bonchev–Trinajstić information content (AvgIpc) is 2.90. The molecule has 3 rings (SSSR count). The van der Waals surface area contributed by atoms with E-state index in [0.717, 1.165) is 21.9 Å². The molecular weight excluding hydrogens is 290 g/mol. The monoisotopic (exact) mass is 307 g/mol. The van der Waals surface area contributed by atoms with Gasteiger partial charge in [0.1, 0.15) is 0 Å². The van der Waals surface area contributed by atoms with Gasteiger partial charge in [0, 0.05) is 10.5 Å². The number of rotatable bonds is 2. The van der Waals surface area contributed by atoms with Crippen molar-refractivity contribution in [3.05, 3.63) is 33.8 Å². The molecule has 0 aliphatic heterocycles. The van der Waals surface area contributed by atoms with Gasteiger partial charge in [-0.2, -0.15) is 0 Å². The Labute approximate surface area is 116 Å². The summed E-state index contributed by atoms with van der Waals surface area (Å²) in [7, 11) is 0. The maximum Gasteiger partial charge on any atom is 0.252 e. The van der Waals surface area contributed by atoms with E-state index in [2.05, 4.69) is 21.2 Å². The molecular formula is C15H18BrNO. The molecule has 0 heterocycles. The summed E-state index contributed by atoms with van der Waals surface area (Å²) in [5.74, 6) is 1.66. The number of hydrogen-bond acceptors (Lipinski definition) is 1. The highest BCUT2D eigenvalue weighted by molar-refractivity contribution is 9.10. The van der Waals surface area contributed by atoms with E-state index < -0.39 is 0 Å². The Morgan fingerprint density at radius 2 is 2.17 bits per heavy atom. The minimum atomic E-state index is 0.0689. The molecule has 2 bridgehead atoms. The van der Waals surface area contributed by atoms with Gasteiger partial charge in [-0.1, -0.05) is 12.5 Å². The van der Waals surface area contributed by atoms with Crippen molar-refractivity contribution in [2.75, 3.05) is 0 Å². The Bertz CT molecular complexity index is 485. The fourth-order valence-corrected chi connectivity index (χ4v) is 4.15. The Kier molecular flexibility index (Phi) is 3.18. The van der Waals surface area contributed by atoms with Gasteiger partial charge in [-0.15, -0.1) is 0 Å². The summed E-state index contributed by atoms with van der Waals surface area (Å²) in [4.78, 5) is 12.3. The summed E-state index contributed by atoms with van der Waals surface area (Å²) in [5, 5.41) is 3.22. The second kappa shape index (κ2) is 4.69. The van der Waals surface area contributed by atoms with Gasteiger partial charge in [-0.05, 0) is 71.6 Å². The Morgan fingerprint density at radius 1 is 1.33 bits per heavy atom. The summed E-state index contributed by atoms with van der Waals surface area (Å²) in [6, 6.07) is 6.29. The predicted molar refractivity (Wildman–Crippen MR) is 75.6 cm³/mol. The molecule has 0 saturated heterocycles. The second-order valence-electron chi connectivity index (χ2n) is 5.74. The summed E-state index contributed by atoms with van der Waals surface area (Å²) in [6.07, 6.45) is 5.16. The van der Waals surface area contributed by atoms with Crippen molar-refractivity contribution in [2.45, 2.75) is 38.6 Å². The molecule has 3 atom stereocenters. The van der Waals surface area contributed by atoms with Crippen LogP contribution < -0.4 is 5.32 Å². The van der Waals surface area contributed by atoms with E-state index in [9.17, 15) is 4.79 Å². The van der Waals surface area contributed by atoms with Crippen LogP contribution in [0.3, 0.4) is 0 Å². The molecule has 96 valence electrons. The fourth-order valence-electron chi connectivity index (χ4n) is 3.47. The zero-order chi connectivity index (χ0) is 12.7. The minimum absolute atomic E-state index is 0.0689. The number of benzene rings is 1. The molecule has 0 spiro atoms. The van der Waals surface area contributed by atoms with Crippen molar-refractivity contribution in [1.82, 2.24) is 5.32 Å². The lowest BCUT2D eigenvalue weighted by Gasteiger charge is -2.23. The first-order valence-corrected chi connectivity index (χ1v) is 7.50. The van der Waals surface area contributed by atoms with Crippen LogP contribution in [0.2, 0.25) is 0 Å². The van der Waals surface area contributed by atoms with Crippen molar-refractivity contribution in [3.63, 3.8) is 0 Å². The largest absolute Gasteiger partial charge is 0.349 e. The van der Waals surface area contributed by atoms with E-state index in [1.807, 2.05) is 25.1 Å². The van der Waals surface area contributed by atoms with E-state index in [-0.39, 0.29) is 5.91 Å². The minimum Gasteiger partial charge on any atom is -0.349 e. The third-order valence-electron chi connectivity index (χ3n) is 4.42. The molecule has 2 fully saturated rings. The number of amides is 1. The van der Waals surface area contributed by atoms with Crippen molar-refractivity contribution in [1.29, 1.82) is 0 Å². The molecule has 3 unspecified atom stereocenters.